The van der Waals surface area contributed by atoms with E-state index >= 15 is 0 Å². The van der Waals surface area contributed by atoms with Gasteiger partial charge in [0.15, 0.2) is 5.65 Å². The highest BCUT2D eigenvalue weighted by atomic mass is 19.4. The van der Waals surface area contributed by atoms with Gasteiger partial charge in [-0.05, 0) is 17.7 Å². The second-order valence-corrected chi connectivity index (χ2v) is 6.53. The molecular formula is C18H19F3N6O. The topological polar surface area (TPSA) is 67.6 Å². The standard InChI is InChI=1S/C18H19F3N6O/c19-18(20,21)17-24-23-16-7-6-15(25-27(16)17)22-14(13-4-2-1-3-5-13)12-26-8-10-28-11-9-26/h1-7,14H,8-12H2,(H,22,25). The van der Waals surface area contributed by atoms with Crippen molar-refractivity contribution >= 4 is 11.5 Å². The normalized spacial score (nSPS) is 17.0. The van der Waals surface area contributed by atoms with Gasteiger partial charge in [0.05, 0.1) is 19.3 Å². The summed E-state index contributed by atoms with van der Waals surface area (Å²) in [5, 5.41) is 14.1. The lowest BCUT2D eigenvalue weighted by atomic mass is 10.1. The summed E-state index contributed by atoms with van der Waals surface area (Å²) >= 11 is 0. The molecule has 2 aromatic heterocycles. The lowest BCUT2D eigenvalue weighted by molar-refractivity contribution is -0.146. The summed E-state index contributed by atoms with van der Waals surface area (Å²) in [6.07, 6.45) is -4.63. The number of benzene rings is 1. The SMILES string of the molecule is FC(F)(F)c1nnc2ccc(NC(CN3CCOCC3)c3ccccc3)nn12. The zero-order valence-corrected chi connectivity index (χ0v) is 14.9. The van der Waals surface area contributed by atoms with Gasteiger partial charge in [-0.3, -0.25) is 4.90 Å². The molecule has 28 heavy (non-hydrogen) atoms. The summed E-state index contributed by atoms with van der Waals surface area (Å²) in [5.74, 6) is -0.824. The van der Waals surface area contributed by atoms with Gasteiger partial charge in [-0.25, -0.2) is 0 Å². The van der Waals surface area contributed by atoms with Crippen LogP contribution in [0.15, 0.2) is 42.5 Å². The largest absolute Gasteiger partial charge is 0.453 e. The Labute approximate surface area is 159 Å². The number of hydrogen-bond acceptors (Lipinski definition) is 6. The van der Waals surface area contributed by atoms with Crippen LogP contribution in [-0.2, 0) is 10.9 Å². The van der Waals surface area contributed by atoms with Gasteiger partial charge in [-0.2, -0.15) is 17.7 Å². The number of aromatic nitrogens is 4. The molecule has 1 saturated heterocycles. The summed E-state index contributed by atoms with van der Waals surface area (Å²) in [5.41, 5.74) is 1.07. The molecule has 1 atom stereocenters. The summed E-state index contributed by atoms with van der Waals surface area (Å²) in [4.78, 5) is 2.26. The molecule has 0 amide bonds. The van der Waals surface area contributed by atoms with Crippen LogP contribution < -0.4 is 5.32 Å². The number of fused-ring (bicyclic) bond motifs is 1. The van der Waals surface area contributed by atoms with Crippen molar-refractivity contribution in [2.24, 2.45) is 0 Å². The van der Waals surface area contributed by atoms with Crippen LogP contribution >= 0.6 is 0 Å². The Balaban J connectivity index is 1.62. The molecule has 0 saturated carbocycles. The van der Waals surface area contributed by atoms with Crippen molar-refractivity contribution in [1.82, 2.24) is 24.7 Å². The number of nitrogens with one attached hydrogen (secondary N) is 1. The quantitative estimate of drug-likeness (QED) is 0.720. The van der Waals surface area contributed by atoms with E-state index in [1.807, 2.05) is 30.3 Å². The minimum absolute atomic E-state index is 0.0438. The van der Waals surface area contributed by atoms with Crippen molar-refractivity contribution in [3.63, 3.8) is 0 Å². The number of halogens is 3. The van der Waals surface area contributed by atoms with E-state index in [0.29, 0.717) is 25.6 Å². The molecule has 0 aliphatic carbocycles. The molecule has 1 aromatic carbocycles. The van der Waals surface area contributed by atoms with E-state index in [0.717, 1.165) is 23.2 Å². The van der Waals surface area contributed by atoms with Gasteiger partial charge in [0, 0.05) is 19.6 Å². The molecule has 0 radical (unpaired) electrons. The highest BCUT2D eigenvalue weighted by Crippen LogP contribution is 2.28. The average Bonchev–Trinajstić information content (AvgIpc) is 3.13. The second-order valence-electron chi connectivity index (χ2n) is 6.53. The maximum atomic E-state index is 13.1. The molecule has 3 aromatic rings. The van der Waals surface area contributed by atoms with Crippen molar-refractivity contribution < 1.29 is 17.9 Å². The Morgan fingerprint density at radius 1 is 1.04 bits per heavy atom. The van der Waals surface area contributed by atoms with Crippen molar-refractivity contribution in [3.8, 4) is 0 Å². The van der Waals surface area contributed by atoms with Gasteiger partial charge in [-0.1, -0.05) is 30.3 Å². The fourth-order valence-electron chi connectivity index (χ4n) is 3.18. The molecule has 1 unspecified atom stereocenters. The molecule has 1 aliphatic heterocycles. The predicted molar refractivity (Wildman–Crippen MR) is 95.8 cm³/mol. The van der Waals surface area contributed by atoms with Crippen LogP contribution in [0.5, 0.6) is 0 Å². The van der Waals surface area contributed by atoms with Gasteiger partial charge >= 0.3 is 6.18 Å². The van der Waals surface area contributed by atoms with Crippen LogP contribution in [0.2, 0.25) is 0 Å². The maximum Gasteiger partial charge on any atom is 0.453 e. The molecule has 148 valence electrons. The predicted octanol–water partition coefficient (Wildman–Crippen LogP) is 2.63. The van der Waals surface area contributed by atoms with Gasteiger partial charge in [0.1, 0.15) is 5.82 Å². The lowest BCUT2D eigenvalue weighted by Crippen LogP contribution is -2.40. The Morgan fingerprint density at radius 3 is 2.50 bits per heavy atom. The molecule has 4 rings (SSSR count). The average molecular weight is 392 g/mol. The Hall–Kier alpha value is -2.72. The van der Waals surface area contributed by atoms with E-state index < -0.39 is 12.0 Å². The minimum Gasteiger partial charge on any atom is -0.379 e. The van der Waals surface area contributed by atoms with Gasteiger partial charge in [0.25, 0.3) is 5.82 Å². The number of anilines is 1. The monoisotopic (exact) mass is 392 g/mol. The summed E-state index contributed by atoms with van der Waals surface area (Å²) < 4.78 is 45.5. The number of rotatable bonds is 5. The molecule has 1 aliphatic rings. The van der Waals surface area contributed by atoms with Crippen LogP contribution in [0.1, 0.15) is 17.4 Å². The van der Waals surface area contributed by atoms with E-state index in [-0.39, 0.29) is 11.7 Å². The summed E-state index contributed by atoms with van der Waals surface area (Å²) in [6, 6.07) is 12.7. The zero-order chi connectivity index (χ0) is 19.6. The van der Waals surface area contributed by atoms with Crippen molar-refractivity contribution in [1.29, 1.82) is 0 Å². The highest BCUT2D eigenvalue weighted by Gasteiger charge is 2.37. The van der Waals surface area contributed by atoms with E-state index in [4.69, 9.17) is 4.74 Å². The smallest absolute Gasteiger partial charge is 0.379 e. The van der Waals surface area contributed by atoms with Gasteiger partial charge in [0.2, 0.25) is 0 Å². The fraction of sp³-hybridized carbons (Fsp3) is 0.389. The number of nitrogens with zero attached hydrogens (tertiary/aromatic N) is 5. The number of hydrogen-bond donors (Lipinski definition) is 1. The first-order chi connectivity index (χ1) is 13.5. The fourth-order valence-corrected chi connectivity index (χ4v) is 3.18. The molecule has 3 heterocycles. The van der Waals surface area contributed by atoms with Crippen LogP contribution in [0, 0.1) is 0 Å². The third kappa shape index (κ3) is 4.07. The molecule has 1 fully saturated rings. The Morgan fingerprint density at radius 2 is 1.79 bits per heavy atom. The van der Waals surface area contributed by atoms with Crippen LogP contribution in [0.4, 0.5) is 19.0 Å². The number of alkyl halides is 3. The Kier molecular flexibility index (Phi) is 5.14. The number of morpholine rings is 1. The van der Waals surface area contributed by atoms with Crippen molar-refractivity contribution in [3.05, 3.63) is 53.9 Å². The molecule has 0 spiro atoms. The van der Waals surface area contributed by atoms with Crippen molar-refractivity contribution in [2.45, 2.75) is 12.2 Å². The van der Waals surface area contributed by atoms with Gasteiger partial charge in [-0.15, -0.1) is 15.3 Å². The van der Waals surface area contributed by atoms with Crippen LogP contribution in [-0.4, -0.2) is 57.6 Å². The second kappa shape index (κ2) is 7.72. The summed E-state index contributed by atoms with van der Waals surface area (Å²) in [6.45, 7) is 3.63. The Bertz CT molecular complexity index is 924. The van der Waals surface area contributed by atoms with E-state index in [1.165, 1.54) is 6.07 Å². The maximum absolute atomic E-state index is 13.1. The van der Waals surface area contributed by atoms with Crippen LogP contribution in [0.25, 0.3) is 5.65 Å². The van der Waals surface area contributed by atoms with Crippen molar-refractivity contribution in [2.75, 3.05) is 38.2 Å². The van der Waals surface area contributed by atoms with E-state index in [1.54, 1.807) is 6.07 Å². The first-order valence-corrected chi connectivity index (χ1v) is 8.92. The zero-order valence-electron chi connectivity index (χ0n) is 14.9. The third-order valence-corrected chi connectivity index (χ3v) is 4.58. The molecule has 7 nitrogen and oxygen atoms in total. The number of ether oxygens (including phenoxy) is 1. The first-order valence-electron chi connectivity index (χ1n) is 8.92. The third-order valence-electron chi connectivity index (χ3n) is 4.58. The van der Waals surface area contributed by atoms with Crippen LogP contribution in [0.3, 0.4) is 0 Å². The first kappa shape index (κ1) is 18.6. The molecule has 1 N–H and O–H groups in total. The van der Waals surface area contributed by atoms with Gasteiger partial charge < -0.3 is 10.1 Å². The highest BCUT2D eigenvalue weighted by molar-refractivity contribution is 5.45. The minimum atomic E-state index is -4.63. The van der Waals surface area contributed by atoms with E-state index in [9.17, 15) is 13.2 Å². The van der Waals surface area contributed by atoms with E-state index in [2.05, 4.69) is 25.5 Å². The molecular weight excluding hydrogens is 373 g/mol. The lowest BCUT2D eigenvalue weighted by Gasteiger charge is -2.31. The molecule has 0 bridgehead atoms. The summed E-state index contributed by atoms with van der Waals surface area (Å²) in [7, 11) is 0. The molecule has 10 heteroatoms.